The third-order valence-electron chi connectivity index (χ3n) is 5.62. The Morgan fingerprint density at radius 3 is 2.83 bits per heavy atom. The van der Waals surface area contributed by atoms with E-state index in [0.717, 1.165) is 28.0 Å². The number of thiazole rings is 1. The molecule has 0 bridgehead atoms. The topological polar surface area (TPSA) is 71.5 Å². The molecule has 0 aliphatic carbocycles. The van der Waals surface area contributed by atoms with Gasteiger partial charge in [-0.15, -0.1) is 0 Å². The molecule has 3 aromatic rings. The number of ether oxygens (including phenoxy) is 1. The maximum Gasteiger partial charge on any atom is 0.248 e. The SMILES string of the molecule is O=C(Nc1nc2ccccc2s1)C1CCCN1C(=O)C1CCOc2ccccc21. The summed E-state index contributed by atoms with van der Waals surface area (Å²) in [6.07, 6.45) is 2.14. The molecule has 2 aromatic carbocycles. The van der Waals surface area contributed by atoms with Crippen LogP contribution in [0, 0.1) is 0 Å². The number of anilines is 1. The molecule has 0 spiro atoms. The first-order chi connectivity index (χ1) is 14.2. The average molecular weight is 407 g/mol. The largest absolute Gasteiger partial charge is 0.493 e. The molecule has 1 fully saturated rings. The van der Waals surface area contributed by atoms with Crippen molar-refractivity contribution in [3.63, 3.8) is 0 Å². The van der Waals surface area contributed by atoms with Gasteiger partial charge in [-0.1, -0.05) is 41.7 Å². The van der Waals surface area contributed by atoms with E-state index in [9.17, 15) is 9.59 Å². The minimum Gasteiger partial charge on any atom is -0.493 e. The summed E-state index contributed by atoms with van der Waals surface area (Å²) >= 11 is 1.45. The molecule has 2 amide bonds. The summed E-state index contributed by atoms with van der Waals surface area (Å²) in [5.41, 5.74) is 1.78. The zero-order chi connectivity index (χ0) is 19.8. The van der Waals surface area contributed by atoms with Crippen LogP contribution < -0.4 is 10.1 Å². The standard InChI is InChI=1S/C22H21N3O3S/c26-20(24-22-23-16-7-2-4-10-19(16)29-22)17-8-5-12-25(17)21(27)15-11-13-28-18-9-3-1-6-14(15)18/h1-4,6-7,9-10,15,17H,5,8,11-13H2,(H,23,24,26). The number of nitrogens with one attached hydrogen (secondary N) is 1. The summed E-state index contributed by atoms with van der Waals surface area (Å²) < 4.78 is 6.72. The maximum atomic E-state index is 13.3. The highest BCUT2D eigenvalue weighted by Crippen LogP contribution is 2.36. The van der Waals surface area contributed by atoms with E-state index in [0.29, 0.717) is 31.1 Å². The molecule has 1 aromatic heterocycles. The van der Waals surface area contributed by atoms with E-state index in [1.54, 1.807) is 4.90 Å². The summed E-state index contributed by atoms with van der Waals surface area (Å²) in [6, 6.07) is 15.0. The van der Waals surface area contributed by atoms with E-state index in [1.807, 2.05) is 48.5 Å². The third kappa shape index (κ3) is 3.35. The van der Waals surface area contributed by atoms with Crippen molar-refractivity contribution in [2.75, 3.05) is 18.5 Å². The van der Waals surface area contributed by atoms with Gasteiger partial charge in [0.1, 0.15) is 11.8 Å². The number of para-hydroxylation sites is 2. The van der Waals surface area contributed by atoms with Gasteiger partial charge in [0.25, 0.3) is 0 Å². The lowest BCUT2D eigenvalue weighted by Crippen LogP contribution is -2.45. The molecule has 29 heavy (non-hydrogen) atoms. The Kier molecular flexibility index (Phi) is 4.67. The fourth-order valence-electron chi connectivity index (χ4n) is 4.22. The van der Waals surface area contributed by atoms with Crippen molar-refractivity contribution in [3.05, 3.63) is 54.1 Å². The summed E-state index contributed by atoms with van der Waals surface area (Å²) in [4.78, 5) is 32.5. The zero-order valence-corrected chi connectivity index (χ0v) is 16.7. The lowest BCUT2D eigenvalue weighted by molar-refractivity contribution is -0.138. The number of fused-ring (bicyclic) bond motifs is 2. The summed E-state index contributed by atoms with van der Waals surface area (Å²) in [5.74, 6) is 0.375. The zero-order valence-electron chi connectivity index (χ0n) is 15.8. The molecule has 2 aliphatic rings. The Hall–Kier alpha value is -2.93. The number of rotatable bonds is 3. The van der Waals surface area contributed by atoms with Crippen LogP contribution in [0.1, 0.15) is 30.7 Å². The lowest BCUT2D eigenvalue weighted by Gasteiger charge is -2.31. The molecule has 7 heteroatoms. The first-order valence-electron chi connectivity index (χ1n) is 9.89. The third-order valence-corrected chi connectivity index (χ3v) is 6.57. The van der Waals surface area contributed by atoms with E-state index in [4.69, 9.17) is 4.74 Å². The minimum atomic E-state index is -0.454. The molecular formula is C22H21N3O3S. The molecule has 5 rings (SSSR count). The van der Waals surface area contributed by atoms with Gasteiger partial charge in [-0.25, -0.2) is 4.98 Å². The molecule has 2 unspecified atom stereocenters. The Labute approximate surface area is 172 Å². The van der Waals surface area contributed by atoms with E-state index in [2.05, 4.69) is 10.3 Å². The van der Waals surface area contributed by atoms with Crippen LogP contribution in [0.3, 0.4) is 0 Å². The number of amides is 2. The van der Waals surface area contributed by atoms with E-state index < -0.39 is 6.04 Å². The highest BCUT2D eigenvalue weighted by atomic mass is 32.1. The van der Waals surface area contributed by atoms with Crippen molar-refractivity contribution in [3.8, 4) is 5.75 Å². The molecule has 0 radical (unpaired) electrons. The van der Waals surface area contributed by atoms with Crippen molar-refractivity contribution < 1.29 is 14.3 Å². The Bertz CT molecular complexity index is 1050. The van der Waals surface area contributed by atoms with Crippen molar-refractivity contribution in [1.82, 2.24) is 9.88 Å². The van der Waals surface area contributed by atoms with Gasteiger partial charge in [0.2, 0.25) is 11.8 Å². The predicted molar refractivity (Wildman–Crippen MR) is 112 cm³/mol. The van der Waals surface area contributed by atoms with Crippen LogP contribution in [0.4, 0.5) is 5.13 Å². The molecule has 2 atom stereocenters. The molecule has 1 N–H and O–H groups in total. The number of carbonyl (C=O) groups is 2. The van der Waals surface area contributed by atoms with Crippen LogP contribution in [0.5, 0.6) is 5.75 Å². The second-order valence-electron chi connectivity index (χ2n) is 7.39. The summed E-state index contributed by atoms with van der Waals surface area (Å²) in [6.45, 7) is 1.13. The quantitative estimate of drug-likeness (QED) is 0.717. The molecular weight excluding hydrogens is 386 g/mol. The number of hydrogen-bond acceptors (Lipinski definition) is 5. The highest BCUT2D eigenvalue weighted by Gasteiger charge is 2.39. The number of benzene rings is 2. The fraction of sp³-hybridized carbons (Fsp3) is 0.318. The molecule has 0 saturated carbocycles. The van der Waals surface area contributed by atoms with Gasteiger partial charge in [-0.3, -0.25) is 9.59 Å². The molecule has 3 heterocycles. The van der Waals surface area contributed by atoms with Crippen LogP contribution in [0.2, 0.25) is 0 Å². The second kappa shape index (κ2) is 7.48. The molecule has 6 nitrogen and oxygen atoms in total. The summed E-state index contributed by atoms with van der Waals surface area (Å²) in [7, 11) is 0. The first kappa shape index (κ1) is 18.1. The van der Waals surface area contributed by atoms with Gasteiger partial charge in [0.05, 0.1) is 22.7 Å². The lowest BCUT2D eigenvalue weighted by atomic mass is 9.91. The molecule has 1 saturated heterocycles. The summed E-state index contributed by atoms with van der Waals surface area (Å²) in [5, 5.41) is 3.51. The second-order valence-corrected chi connectivity index (χ2v) is 8.42. The number of likely N-dealkylation sites (tertiary alicyclic amines) is 1. The minimum absolute atomic E-state index is 0.0164. The van der Waals surface area contributed by atoms with Gasteiger partial charge in [0.15, 0.2) is 5.13 Å². The van der Waals surface area contributed by atoms with Gasteiger partial charge in [0, 0.05) is 12.1 Å². The number of hydrogen-bond donors (Lipinski definition) is 1. The predicted octanol–water partition coefficient (Wildman–Crippen LogP) is 3.79. The van der Waals surface area contributed by atoms with Crippen molar-refractivity contribution in [2.45, 2.75) is 31.2 Å². The van der Waals surface area contributed by atoms with E-state index in [1.165, 1.54) is 11.3 Å². The molecule has 2 aliphatic heterocycles. The van der Waals surface area contributed by atoms with Gasteiger partial charge < -0.3 is 15.0 Å². The fourth-order valence-corrected chi connectivity index (χ4v) is 5.08. The van der Waals surface area contributed by atoms with Crippen molar-refractivity contribution in [1.29, 1.82) is 0 Å². The Morgan fingerprint density at radius 2 is 1.93 bits per heavy atom. The van der Waals surface area contributed by atoms with Crippen LogP contribution in [0.15, 0.2) is 48.5 Å². The Balaban J connectivity index is 1.34. The number of carbonyl (C=O) groups excluding carboxylic acids is 2. The average Bonchev–Trinajstić information content (AvgIpc) is 3.39. The van der Waals surface area contributed by atoms with Gasteiger partial charge in [-0.05, 0) is 37.5 Å². The number of aromatic nitrogens is 1. The van der Waals surface area contributed by atoms with E-state index >= 15 is 0 Å². The van der Waals surface area contributed by atoms with Crippen LogP contribution in [-0.2, 0) is 9.59 Å². The van der Waals surface area contributed by atoms with E-state index in [-0.39, 0.29) is 17.7 Å². The molecule has 148 valence electrons. The van der Waals surface area contributed by atoms with Gasteiger partial charge >= 0.3 is 0 Å². The van der Waals surface area contributed by atoms with Crippen LogP contribution in [0.25, 0.3) is 10.2 Å². The van der Waals surface area contributed by atoms with Crippen molar-refractivity contribution >= 4 is 38.5 Å². The highest BCUT2D eigenvalue weighted by molar-refractivity contribution is 7.22. The van der Waals surface area contributed by atoms with Gasteiger partial charge in [-0.2, -0.15) is 0 Å². The normalized spacial score (nSPS) is 20.9. The number of nitrogens with zero attached hydrogens (tertiary/aromatic N) is 2. The van der Waals surface area contributed by atoms with Crippen LogP contribution >= 0.6 is 11.3 Å². The van der Waals surface area contributed by atoms with Crippen molar-refractivity contribution in [2.24, 2.45) is 0 Å². The van der Waals surface area contributed by atoms with Crippen LogP contribution in [-0.4, -0.2) is 40.9 Å². The maximum absolute atomic E-state index is 13.3. The Morgan fingerprint density at radius 1 is 1.10 bits per heavy atom. The first-order valence-corrected chi connectivity index (χ1v) is 10.7. The smallest absolute Gasteiger partial charge is 0.248 e. The monoisotopic (exact) mass is 407 g/mol.